The Morgan fingerprint density at radius 1 is 0.291 bits per heavy atom. The van der Waals surface area contributed by atoms with E-state index in [1.807, 2.05) is 50.1 Å². The van der Waals surface area contributed by atoms with Crippen LogP contribution in [0.25, 0.3) is 134 Å². The number of para-hydroxylation sites is 4. The first-order valence-corrected chi connectivity index (χ1v) is 41.0. The standard InChI is InChI=1S/C28H32N3.C27H30N3.C26H28N3.C24H24N3/c1-18-13-19(2)20(3)24(14-18)27-23-10-8-9-22(26(23)30-17-31(27)7)25-12-11-21(16-29-25)15-28(4,5)6;1-17(2)12-21-10-11-25(28-15-21)22-8-7-9-23-26(22)29-16-30(6)27(23)24-14-18(3)13-19(4)20(24)5;1-16(2)20-10-11-24(27-14-20)21-8-7-9-22-25(21)28-15-29(6)26(22)23-13-17(3)12-18(4)19(23)5;1-15-9-10-22(25-13-15)19-7-6-8-20-23(19)26-14-27(5)24(20)21-12-16(2)11-17(3)18(21)4/h8-14,16-17H,15H2,1-7H3;7-11,13-17H,12H2,1-6H3;7-16H,1-6H3;6-14H,1-5H3/q4*+1. The van der Waals surface area contributed by atoms with Crippen LogP contribution in [0.2, 0.25) is 0 Å². The van der Waals surface area contributed by atoms with Crippen LogP contribution in [0.3, 0.4) is 0 Å². The van der Waals surface area contributed by atoms with E-state index in [2.05, 4.69) is 360 Å². The molecule has 8 aromatic heterocycles. The van der Waals surface area contributed by atoms with Crippen molar-refractivity contribution in [3.8, 4) is 90.1 Å². The third kappa shape index (κ3) is 17.9. The van der Waals surface area contributed by atoms with E-state index in [0.717, 1.165) is 107 Å². The molecule has 0 aliphatic rings. The topological polar surface area (TPSA) is 119 Å². The van der Waals surface area contributed by atoms with Gasteiger partial charge in [-0.3, -0.25) is 19.9 Å². The second kappa shape index (κ2) is 34.6. The molecule has 117 heavy (non-hydrogen) atoms. The molecule has 0 saturated heterocycles. The van der Waals surface area contributed by atoms with E-state index in [9.17, 15) is 0 Å². The highest BCUT2D eigenvalue weighted by Crippen LogP contribution is 2.40. The Hall–Kier alpha value is -12.3. The fraction of sp³-hybridized carbons (Fsp3) is 0.276. The number of hydrogen-bond acceptors (Lipinski definition) is 8. The van der Waals surface area contributed by atoms with Gasteiger partial charge in [0, 0.05) is 47.0 Å². The lowest BCUT2D eigenvalue weighted by Gasteiger charge is -2.17. The molecule has 8 heterocycles. The van der Waals surface area contributed by atoms with Crippen molar-refractivity contribution in [2.24, 2.45) is 39.5 Å². The minimum absolute atomic E-state index is 0.248. The average Bonchev–Trinajstić information content (AvgIpc) is 0.773. The Morgan fingerprint density at radius 2 is 0.581 bits per heavy atom. The molecule has 0 amide bonds. The summed E-state index contributed by atoms with van der Waals surface area (Å²) in [6.45, 7) is 43.8. The largest absolute Gasteiger partial charge is 0.287 e. The maximum Gasteiger partial charge on any atom is 0.287 e. The van der Waals surface area contributed by atoms with Crippen LogP contribution < -0.4 is 18.3 Å². The average molecular weight is 1540 g/mol. The van der Waals surface area contributed by atoms with Gasteiger partial charge in [0.05, 0.1) is 94.8 Å². The van der Waals surface area contributed by atoms with Gasteiger partial charge in [-0.05, 0) is 304 Å². The van der Waals surface area contributed by atoms with Crippen LogP contribution in [0, 0.1) is 101 Å². The van der Waals surface area contributed by atoms with Crippen molar-refractivity contribution in [1.29, 1.82) is 0 Å². The zero-order valence-electron chi connectivity index (χ0n) is 73.2. The number of benzene rings is 8. The van der Waals surface area contributed by atoms with Gasteiger partial charge >= 0.3 is 0 Å². The van der Waals surface area contributed by atoms with E-state index in [1.54, 1.807) is 0 Å². The molecular formula is C105H114N12+4. The Bertz CT molecular complexity index is 6410. The molecule has 0 fully saturated rings. The van der Waals surface area contributed by atoms with Crippen molar-refractivity contribution in [2.45, 2.75) is 157 Å². The molecule has 0 aliphatic carbocycles. The maximum atomic E-state index is 4.82. The van der Waals surface area contributed by atoms with Crippen LogP contribution in [0.4, 0.5) is 0 Å². The number of aromatic nitrogens is 12. The Balaban J connectivity index is 0.000000136. The van der Waals surface area contributed by atoms with Crippen LogP contribution in [-0.4, -0.2) is 39.9 Å². The SMILES string of the molecule is Cc1cc(C)c(C)c(-c2c3cccc(-c4ccc(C(C)C)cn4)c3nc[n+]2C)c1.Cc1cc(C)c(C)c(-c2c3cccc(-c4ccc(CC(C)(C)C)cn4)c3nc[n+]2C)c1.Cc1cc(C)c(C)c(-c2c3cccc(-c4ccc(CC(C)C)cn4)c3nc[n+]2C)c1.Cc1ccc(-c2cccc3c(-c4cc(C)cc(C)c4C)[n+](C)cnc23)nc1. The van der Waals surface area contributed by atoms with Crippen LogP contribution >= 0.6 is 0 Å². The number of rotatable bonds is 12. The zero-order valence-corrected chi connectivity index (χ0v) is 73.2. The minimum Gasteiger partial charge on any atom is -0.256 e. The summed E-state index contributed by atoms with van der Waals surface area (Å²) in [5.41, 5.74) is 42.7. The Morgan fingerprint density at radius 3 is 0.838 bits per heavy atom. The predicted molar refractivity (Wildman–Crippen MR) is 484 cm³/mol. The molecule has 590 valence electrons. The first kappa shape index (κ1) is 82.7. The molecule has 16 rings (SSSR count). The first-order valence-electron chi connectivity index (χ1n) is 41.0. The summed E-state index contributed by atoms with van der Waals surface area (Å²) in [6.07, 6.45) is 17.6. The second-order valence-corrected chi connectivity index (χ2v) is 34.4. The van der Waals surface area contributed by atoms with Crippen molar-refractivity contribution in [2.75, 3.05) is 0 Å². The van der Waals surface area contributed by atoms with E-state index >= 15 is 0 Å². The van der Waals surface area contributed by atoms with E-state index in [-0.39, 0.29) is 5.41 Å². The molecule has 16 aromatic rings. The van der Waals surface area contributed by atoms with Crippen molar-refractivity contribution < 1.29 is 18.3 Å². The van der Waals surface area contributed by atoms with Gasteiger partial charge in [-0.1, -0.05) is 144 Å². The van der Waals surface area contributed by atoms with Gasteiger partial charge in [-0.2, -0.15) is 0 Å². The lowest BCUT2D eigenvalue weighted by atomic mass is 9.88. The number of fused-ring (bicyclic) bond motifs is 4. The van der Waals surface area contributed by atoms with Crippen molar-refractivity contribution in [3.05, 3.63) is 309 Å². The summed E-state index contributed by atoms with van der Waals surface area (Å²) >= 11 is 0. The zero-order chi connectivity index (χ0) is 83.6. The molecule has 0 aliphatic heterocycles. The van der Waals surface area contributed by atoms with Gasteiger partial charge in [0.15, 0.2) is 22.1 Å². The summed E-state index contributed by atoms with van der Waals surface area (Å²) in [4.78, 5) is 38.1. The lowest BCUT2D eigenvalue weighted by Crippen LogP contribution is -2.32. The molecule has 0 radical (unpaired) electrons. The summed E-state index contributed by atoms with van der Waals surface area (Å²) in [5, 5.41) is 4.60. The van der Waals surface area contributed by atoms with Crippen LogP contribution in [0.5, 0.6) is 0 Å². The van der Waals surface area contributed by atoms with Crippen molar-refractivity contribution in [1.82, 2.24) is 39.9 Å². The minimum atomic E-state index is 0.248. The van der Waals surface area contributed by atoms with E-state index < -0.39 is 0 Å². The normalized spacial score (nSPS) is 11.5. The molecule has 0 unspecified atom stereocenters. The van der Waals surface area contributed by atoms with Crippen LogP contribution in [-0.2, 0) is 41.0 Å². The smallest absolute Gasteiger partial charge is 0.256 e. The summed E-state index contributed by atoms with van der Waals surface area (Å²) in [5.74, 6) is 1.10. The Labute approximate surface area is 693 Å². The molecule has 0 atom stereocenters. The summed E-state index contributed by atoms with van der Waals surface area (Å²) < 4.78 is 8.51. The highest BCUT2D eigenvalue weighted by atomic mass is 15.0. The highest BCUT2D eigenvalue weighted by molar-refractivity contribution is 6.03. The second-order valence-electron chi connectivity index (χ2n) is 34.4. The van der Waals surface area contributed by atoms with Gasteiger partial charge in [0.25, 0.3) is 25.3 Å². The Kier molecular flexibility index (Phi) is 24.5. The molecule has 8 aromatic carbocycles. The van der Waals surface area contributed by atoms with Crippen LogP contribution in [0.1, 0.15) is 143 Å². The van der Waals surface area contributed by atoms with Gasteiger partial charge < -0.3 is 0 Å². The fourth-order valence-corrected chi connectivity index (χ4v) is 16.4. The van der Waals surface area contributed by atoms with Gasteiger partial charge in [0.1, 0.15) is 22.8 Å². The van der Waals surface area contributed by atoms with E-state index in [0.29, 0.717) is 11.8 Å². The fourth-order valence-electron chi connectivity index (χ4n) is 16.4. The molecule has 12 heteroatoms. The van der Waals surface area contributed by atoms with Crippen LogP contribution in [0.15, 0.2) is 220 Å². The molecule has 0 bridgehead atoms. The third-order valence-electron chi connectivity index (χ3n) is 22.8. The van der Waals surface area contributed by atoms with Gasteiger partial charge in [-0.25, -0.2) is 18.3 Å². The third-order valence-corrected chi connectivity index (χ3v) is 22.8. The quantitative estimate of drug-likeness (QED) is 0.111. The maximum absolute atomic E-state index is 4.82. The molecule has 0 saturated carbocycles. The van der Waals surface area contributed by atoms with Crippen molar-refractivity contribution in [3.63, 3.8) is 0 Å². The first-order chi connectivity index (χ1) is 55.8. The highest BCUT2D eigenvalue weighted by Gasteiger charge is 2.27. The summed E-state index contributed by atoms with van der Waals surface area (Å²) in [7, 11) is 8.28. The number of pyridine rings is 4. The monoisotopic (exact) mass is 1540 g/mol. The predicted octanol–water partition coefficient (Wildman–Crippen LogP) is 23.1. The van der Waals surface area contributed by atoms with Gasteiger partial charge in [-0.15, -0.1) is 0 Å². The number of nitrogens with zero attached hydrogens (tertiary/aromatic N) is 12. The van der Waals surface area contributed by atoms with E-state index in [4.69, 9.17) is 34.9 Å². The molecular weight excluding hydrogens is 1430 g/mol. The number of aryl methyl sites for hydroxylation is 13. The van der Waals surface area contributed by atoms with Crippen molar-refractivity contribution >= 4 is 43.6 Å². The van der Waals surface area contributed by atoms with E-state index in [1.165, 1.54) is 128 Å². The molecule has 0 N–H and O–H groups in total. The molecule has 0 spiro atoms. The number of hydrogen-bond donors (Lipinski definition) is 0. The molecule has 12 nitrogen and oxygen atoms in total. The lowest BCUT2D eigenvalue weighted by molar-refractivity contribution is -0.662. The summed E-state index contributed by atoms with van der Waals surface area (Å²) in [6, 6.07) is 60.8. The van der Waals surface area contributed by atoms with Gasteiger partial charge in [0.2, 0.25) is 0 Å².